The van der Waals surface area contributed by atoms with Gasteiger partial charge in [-0.05, 0) is 20.8 Å². The summed E-state index contributed by atoms with van der Waals surface area (Å²) in [5.41, 5.74) is 2.36. The number of nitrogens with one attached hydrogen (secondary N) is 2. The molecule has 84 valence electrons. The Hall–Kier alpha value is -1.63. The molecule has 0 unspecified atom stereocenters. The molecule has 0 bridgehead atoms. The van der Waals surface area contributed by atoms with Crippen molar-refractivity contribution < 1.29 is 4.74 Å². The fourth-order valence-corrected chi connectivity index (χ4v) is 0.922. The van der Waals surface area contributed by atoms with Gasteiger partial charge in [0.25, 0.3) is 0 Å². The summed E-state index contributed by atoms with van der Waals surface area (Å²) in [6.07, 6.45) is 0.00695. The number of nitrogens with two attached hydrogens (primary N) is 1. The highest BCUT2D eigenvalue weighted by molar-refractivity contribution is 5.34. The van der Waals surface area contributed by atoms with Crippen LogP contribution in [0.1, 0.15) is 20.8 Å². The lowest BCUT2D eigenvalue weighted by Gasteiger charge is -2.10. The Morgan fingerprint density at radius 3 is 2.47 bits per heavy atom. The molecule has 1 aromatic rings. The van der Waals surface area contributed by atoms with Crippen LogP contribution in [0.15, 0.2) is 0 Å². The fourth-order valence-electron chi connectivity index (χ4n) is 0.922. The summed E-state index contributed by atoms with van der Waals surface area (Å²) in [6.45, 7) is 6.45. The highest BCUT2D eigenvalue weighted by Gasteiger charge is 2.07. The molecule has 1 aromatic heterocycles. The first-order chi connectivity index (χ1) is 7.15. The number of nitrogens with zero attached hydrogens (tertiary/aromatic N) is 3. The van der Waals surface area contributed by atoms with E-state index in [0.29, 0.717) is 5.95 Å². The van der Waals surface area contributed by atoms with Crippen LogP contribution in [-0.2, 0) is 0 Å². The molecule has 0 spiro atoms. The van der Waals surface area contributed by atoms with Gasteiger partial charge in [0, 0.05) is 6.54 Å². The van der Waals surface area contributed by atoms with Gasteiger partial charge in [0.2, 0.25) is 11.9 Å². The standard InChI is InChI=1S/C8H16N6O/c1-4-10-6-11-7(14-9)13-8(12-6)15-5(2)3/h5H,4,9H2,1-3H3,(H2,10,11,12,13,14). The zero-order valence-corrected chi connectivity index (χ0v) is 9.11. The molecular weight excluding hydrogens is 196 g/mol. The molecule has 0 aliphatic rings. The molecule has 0 aliphatic heterocycles. The first-order valence-electron chi connectivity index (χ1n) is 4.79. The molecule has 1 heterocycles. The Labute approximate surface area is 88.4 Å². The van der Waals surface area contributed by atoms with Crippen LogP contribution in [0.5, 0.6) is 6.01 Å². The number of ether oxygens (including phenoxy) is 1. The van der Waals surface area contributed by atoms with Crippen LogP contribution in [0.3, 0.4) is 0 Å². The van der Waals surface area contributed by atoms with Crippen molar-refractivity contribution in [3.63, 3.8) is 0 Å². The minimum atomic E-state index is 0.00695. The van der Waals surface area contributed by atoms with E-state index < -0.39 is 0 Å². The Balaban J connectivity index is 2.89. The van der Waals surface area contributed by atoms with Crippen molar-refractivity contribution in [3.05, 3.63) is 0 Å². The average Bonchev–Trinajstić information content (AvgIpc) is 2.16. The molecule has 1 rings (SSSR count). The number of nitrogen functional groups attached to an aromatic ring is 1. The summed E-state index contributed by atoms with van der Waals surface area (Å²) in [5, 5.41) is 2.96. The maximum Gasteiger partial charge on any atom is 0.323 e. The van der Waals surface area contributed by atoms with Gasteiger partial charge >= 0.3 is 6.01 Å². The molecule has 0 radical (unpaired) electrons. The predicted molar refractivity (Wildman–Crippen MR) is 57.6 cm³/mol. The number of hydrazine groups is 1. The second kappa shape index (κ2) is 5.30. The predicted octanol–water partition coefficient (Wildman–Crippen LogP) is 0.376. The largest absolute Gasteiger partial charge is 0.461 e. The summed E-state index contributed by atoms with van der Waals surface area (Å²) in [5.74, 6) is 5.94. The van der Waals surface area contributed by atoms with Crippen molar-refractivity contribution in [2.75, 3.05) is 17.3 Å². The zero-order valence-electron chi connectivity index (χ0n) is 9.11. The van der Waals surface area contributed by atoms with Crippen LogP contribution in [0.4, 0.5) is 11.9 Å². The second-order valence-corrected chi connectivity index (χ2v) is 3.11. The lowest BCUT2D eigenvalue weighted by molar-refractivity contribution is 0.222. The Morgan fingerprint density at radius 1 is 1.27 bits per heavy atom. The van der Waals surface area contributed by atoms with Crippen molar-refractivity contribution in [1.82, 2.24) is 15.0 Å². The SMILES string of the molecule is CCNc1nc(NN)nc(OC(C)C)n1. The number of aromatic nitrogens is 3. The minimum Gasteiger partial charge on any atom is -0.461 e. The molecule has 15 heavy (non-hydrogen) atoms. The molecule has 0 saturated heterocycles. The molecule has 0 aliphatic carbocycles. The van der Waals surface area contributed by atoms with Crippen LogP contribution >= 0.6 is 0 Å². The van der Waals surface area contributed by atoms with Gasteiger partial charge in [-0.2, -0.15) is 15.0 Å². The molecule has 0 atom stereocenters. The summed E-state index contributed by atoms with van der Waals surface area (Å²) < 4.78 is 5.35. The van der Waals surface area contributed by atoms with Crippen LogP contribution in [0.2, 0.25) is 0 Å². The lowest BCUT2D eigenvalue weighted by Crippen LogP contribution is -2.16. The highest BCUT2D eigenvalue weighted by atomic mass is 16.5. The van der Waals surface area contributed by atoms with Crippen molar-refractivity contribution in [3.8, 4) is 6.01 Å². The van der Waals surface area contributed by atoms with Crippen molar-refractivity contribution in [2.24, 2.45) is 5.84 Å². The summed E-state index contributed by atoms with van der Waals surface area (Å²) >= 11 is 0. The normalized spacial score (nSPS) is 10.2. The van der Waals surface area contributed by atoms with Crippen molar-refractivity contribution >= 4 is 11.9 Å². The van der Waals surface area contributed by atoms with E-state index in [1.165, 1.54) is 0 Å². The topological polar surface area (TPSA) is 98.0 Å². The number of hydrogen-bond acceptors (Lipinski definition) is 7. The maximum absolute atomic E-state index is 5.35. The van der Waals surface area contributed by atoms with E-state index in [9.17, 15) is 0 Å². The zero-order chi connectivity index (χ0) is 11.3. The third-order valence-electron chi connectivity index (χ3n) is 1.42. The van der Waals surface area contributed by atoms with Gasteiger partial charge in [0.1, 0.15) is 0 Å². The second-order valence-electron chi connectivity index (χ2n) is 3.11. The highest BCUT2D eigenvalue weighted by Crippen LogP contribution is 2.11. The molecule has 7 nitrogen and oxygen atoms in total. The van der Waals surface area contributed by atoms with E-state index in [1.54, 1.807) is 0 Å². The lowest BCUT2D eigenvalue weighted by atomic mass is 10.5. The third kappa shape index (κ3) is 3.55. The van der Waals surface area contributed by atoms with Gasteiger partial charge in [0.15, 0.2) is 0 Å². The molecule has 0 amide bonds. The minimum absolute atomic E-state index is 0.00695. The van der Waals surface area contributed by atoms with E-state index >= 15 is 0 Å². The van der Waals surface area contributed by atoms with Gasteiger partial charge in [-0.15, -0.1) is 0 Å². The number of anilines is 2. The Morgan fingerprint density at radius 2 is 1.93 bits per heavy atom. The average molecular weight is 212 g/mol. The Bertz CT molecular complexity index is 316. The van der Waals surface area contributed by atoms with E-state index in [-0.39, 0.29) is 18.1 Å². The van der Waals surface area contributed by atoms with Crippen LogP contribution in [0.25, 0.3) is 0 Å². The monoisotopic (exact) mass is 212 g/mol. The van der Waals surface area contributed by atoms with Crippen LogP contribution in [0, 0.1) is 0 Å². The van der Waals surface area contributed by atoms with Crippen molar-refractivity contribution in [2.45, 2.75) is 26.9 Å². The fraction of sp³-hybridized carbons (Fsp3) is 0.625. The summed E-state index contributed by atoms with van der Waals surface area (Å²) in [7, 11) is 0. The van der Waals surface area contributed by atoms with E-state index in [2.05, 4.69) is 25.7 Å². The quantitative estimate of drug-likeness (QED) is 0.479. The molecule has 0 saturated carbocycles. The van der Waals surface area contributed by atoms with Gasteiger partial charge in [0.05, 0.1) is 6.10 Å². The van der Waals surface area contributed by atoms with Gasteiger partial charge in [-0.25, -0.2) is 5.84 Å². The maximum atomic E-state index is 5.35. The molecule has 4 N–H and O–H groups in total. The van der Waals surface area contributed by atoms with Gasteiger partial charge < -0.3 is 10.1 Å². The number of hydrogen-bond donors (Lipinski definition) is 3. The van der Waals surface area contributed by atoms with Crippen LogP contribution < -0.4 is 21.3 Å². The third-order valence-corrected chi connectivity index (χ3v) is 1.42. The van der Waals surface area contributed by atoms with E-state index in [0.717, 1.165) is 6.54 Å². The molecular formula is C8H16N6O. The summed E-state index contributed by atoms with van der Waals surface area (Å²) in [4.78, 5) is 12.0. The van der Waals surface area contributed by atoms with E-state index in [1.807, 2.05) is 20.8 Å². The molecule has 0 fully saturated rings. The van der Waals surface area contributed by atoms with E-state index in [4.69, 9.17) is 10.6 Å². The smallest absolute Gasteiger partial charge is 0.323 e. The van der Waals surface area contributed by atoms with Crippen molar-refractivity contribution in [1.29, 1.82) is 0 Å². The Kier molecular flexibility index (Phi) is 4.04. The van der Waals surface area contributed by atoms with Gasteiger partial charge in [-0.1, -0.05) is 0 Å². The number of rotatable bonds is 5. The van der Waals surface area contributed by atoms with Crippen LogP contribution in [-0.4, -0.2) is 27.6 Å². The summed E-state index contributed by atoms with van der Waals surface area (Å²) in [6, 6.07) is 0.254. The first kappa shape index (κ1) is 11.4. The first-order valence-corrected chi connectivity index (χ1v) is 4.79. The molecule has 7 heteroatoms. The van der Waals surface area contributed by atoms with Gasteiger partial charge in [-0.3, -0.25) is 5.43 Å². The molecule has 0 aromatic carbocycles.